The molecule has 27 heavy (non-hydrogen) atoms. The highest BCUT2D eigenvalue weighted by atomic mass is 35.5. The van der Waals surface area contributed by atoms with Gasteiger partial charge in [-0.05, 0) is 42.5 Å². The second-order valence-electron chi connectivity index (χ2n) is 5.97. The minimum atomic E-state index is -4.68. The normalized spacial score (nSPS) is 16.9. The van der Waals surface area contributed by atoms with Crippen molar-refractivity contribution in [3.8, 4) is 0 Å². The molecule has 0 spiro atoms. The first-order valence-electron chi connectivity index (χ1n) is 7.59. The molecule has 0 aliphatic carbocycles. The first-order valence-corrected chi connectivity index (χ1v) is 11.0. The topological polar surface area (TPSA) is 71.5 Å². The van der Waals surface area contributed by atoms with Crippen LogP contribution in [0.1, 0.15) is 5.56 Å². The summed E-state index contributed by atoms with van der Waals surface area (Å²) in [5, 5.41) is -0.615. The fraction of sp³-hybridized carbons (Fsp3) is 0.250. The molecule has 2 aromatic rings. The predicted octanol–water partition coefficient (Wildman–Crippen LogP) is 3.21. The SMILES string of the molecule is O=S(=O)(c1ccc(Cl)cc1)C1CN(S(=O)(=O)c2cccc(C(F)(F)F)c2)C1. The lowest BCUT2D eigenvalue weighted by molar-refractivity contribution is -0.137. The number of halogens is 4. The number of nitrogens with zero attached hydrogens (tertiary/aromatic N) is 1. The summed E-state index contributed by atoms with van der Waals surface area (Å²) in [7, 11) is -7.99. The number of sulfonamides is 1. The molecule has 11 heteroatoms. The highest BCUT2D eigenvalue weighted by Crippen LogP contribution is 2.33. The summed E-state index contributed by atoms with van der Waals surface area (Å²) in [6.45, 7) is -0.660. The summed E-state index contributed by atoms with van der Waals surface area (Å²) in [4.78, 5) is -0.521. The molecule has 0 saturated carbocycles. The summed E-state index contributed by atoms with van der Waals surface area (Å²) < 4.78 is 89.2. The summed E-state index contributed by atoms with van der Waals surface area (Å²) >= 11 is 5.72. The first kappa shape index (κ1) is 20.1. The van der Waals surface area contributed by atoms with Crippen LogP contribution in [0, 0.1) is 0 Å². The zero-order valence-electron chi connectivity index (χ0n) is 13.5. The van der Waals surface area contributed by atoms with Crippen molar-refractivity contribution in [1.82, 2.24) is 4.31 Å². The van der Waals surface area contributed by atoms with Crippen molar-refractivity contribution in [3.05, 3.63) is 59.1 Å². The molecule has 0 unspecified atom stereocenters. The van der Waals surface area contributed by atoms with E-state index in [1.165, 1.54) is 24.3 Å². The minimum Gasteiger partial charge on any atom is -0.223 e. The van der Waals surface area contributed by atoms with E-state index in [0.29, 0.717) is 11.1 Å². The number of sulfone groups is 1. The number of alkyl halides is 3. The van der Waals surface area contributed by atoms with Gasteiger partial charge in [-0.25, -0.2) is 16.8 Å². The smallest absolute Gasteiger partial charge is 0.223 e. The molecule has 146 valence electrons. The van der Waals surface area contributed by atoms with Crippen LogP contribution < -0.4 is 0 Å². The Hall–Kier alpha value is -1.62. The molecule has 1 heterocycles. The average molecular weight is 440 g/mol. The van der Waals surface area contributed by atoms with Gasteiger partial charge in [-0.2, -0.15) is 17.5 Å². The van der Waals surface area contributed by atoms with E-state index in [0.717, 1.165) is 22.5 Å². The maximum absolute atomic E-state index is 12.8. The molecular weight excluding hydrogens is 427 g/mol. The molecule has 1 aliphatic heterocycles. The summed E-state index contributed by atoms with van der Waals surface area (Å²) in [5.74, 6) is 0. The molecule has 0 bridgehead atoms. The van der Waals surface area contributed by atoms with Crippen LogP contribution >= 0.6 is 11.6 Å². The van der Waals surface area contributed by atoms with Crippen LogP contribution in [0.3, 0.4) is 0 Å². The Morgan fingerprint density at radius 3 is 2.07 bits per heavy atom. The van der Waals surface area contributed by atoms with Crippen LogP contribution in [-0.4, -0.2) is 39.5 Å². The lowest BCUT2D eigenvalue weighted by atomic mass is 10.2. The Morgan fingerprint density at radius 2 is 1.52 bits per heavy atom. The standard InChI is InChI=1S/C16H13ClF3NO4S2/c17-12-4-6-13(7-5-12)26(22,23)15-9-21(10-15)27(24,25)14-3-1-2-11(8-14)16(18,19)20/h1-8,15H,9-10H2. The third kappa shape index (κ3) is 3.84. The average Bonchev–Trinajstić information content (AvgIpc) is 2.52. The van der Waals surface area contributed by atoms with Gasteiger partial charge in [-0.1, -0.05) is 17.7 Å². The van der Waals surface area contributed by atoms with Crippen LogP contribution in [0.4, 0.5) is 13.2 Å². The maximum Gasteiger partial charge on any atom is 0.416 e. The van der Waals surface area contributed by atoms with E-state index in [1.54, 1.807) is 0 Å². The van der Waals surface area contributed by atoms with Crippen LogP contribution in [0.15, 0.2) is 58.3 Å². The fourth-order valence-corrected chi connectivity index (χ4v) is 6.14. The molecule has 0 radical (unpaired) electrons. The van der Waals surface area contributed by atoms with Gasteiger partial charge in [-0.15, -0.1) is 0 Å². The van der Waals surface area contributed by atoms with Gasteiger partial charge in [0, 0.05) is 18.1 Å². The summed E-state index contributed by atoms with van der Waals surface area (Å²) in [6.07, 6.45) is -4.68. The van der Waals surface area contributed by atoms with E-state index < -0.39 is 41.7 Å². The first-order chi connectivity index (χ1) is 12.4. The predicted molar refractivity (Wildman–Crippen MR) is 92.6 cm³/mol. The monoisotopic (exact) mass is 439 g/mol. The molecule has 0 aromatic heterocycles. The van der Waals surface area contributed by atoms with E-state index in [1.807, 2.05) is 0 Å². The Kier molecular flexibility index (Phi) is 5.04. The summed E-state index contributed by atoms with van der Waals surface area (Å²) in [5.41, 5.74) is -1.09. The summed E-state index contributed by atoms with van der Waals surface area (Å²) in [6, 6.07) is 8.81. The van der Waals surface area contributed by atoms with Crippen LogP contribution in [0.5, 0.6) is 0 Å². The number of hydrogen-bond donors (Lipinski definition) is 0. The third-order valence-electron chi connectivity index (χ3n) is 4.19. The van der Waals surface area contributed by atoms with Gasteiger partial charge in [0.25, 0.3) is 0 Å². The molecule has 5 nitrogen and oxygen atoms in total. The third-order valence-corrected chi connectivity index (χ3v) is 8.38. The van der Waals surface area contributed by atoms with Gasteiger partial charge in [0.05, 0.1) is 20.6 Å². The molecule has 0 amide bonds. The van der Waals surface area contributed by atoms with Crippen molar-refractivity contribution in [2.45, 2.75) is 21.2 Å². The van der Waals surface area contributed by atoms with Gasteiger partial charge in [-0.3, -0.25) is 0 Å². The van der Waals surface area contributed by atoms with Crippen molar-refractivity contribution in [3.63, 3.8) is 0 Å². The molecule has 1 fully saturated rings. The van der Waals surface area contributed by atoms with Gasteiger partial charge in [0.15, 0.2) is 9.84 Å². The van der Waals surface area contributed by atoms with Gasteiger partial charge < -0.3 is 0 Å². The zero-order valence-corrected chi connectivity index (χ0v) is 15.9. The second kappa shape index (κ2) is 6.77. The zero-order chi connectivity index (χ0) is 20.0. The van der Waals surface area contributed by atoms with E-state index in [9.17, 15) is 30.0 Å². The fourth-order valence-electron chi connectivity index (χ4n) is 2.59. The van der Waals surface area contributed by atoms with Crippen molar-refractivity contribution < 1.29 is 30.0 Å². The molecule has 2 aromatic carbocycles. The maximum atomic E-state index is 12.8. The Balaban J connectivity index is 1.80. The molecule has 0 atom stereocenters. The highest BCUT2D eigenvalue weighted by Gasteiger charge is 2.44. The number of hydrogen-bond acceptors (Lipinski definition) is 4. The Labute approximate surface area is 159 Å². The number of rotatable bonds is 4. The minimum absolute atomic E-state index is 0.00742. The van der Waals surface area contributed by atoms with E-state index in [-0.39, 0.29) is 18.0 Å². The van der Waals surface area contributed by atoms with Gasteiger partial charge in [0.1, 0.15) is 0 Å². The van der Waals surface area contributed by atoms with Gasteiger partial charge in [0.2, 0.25) is 10.0 Å². The second-order valence-corrected chi connectivity index (χ2v) is 10.6. The van der Waals surface area contributed by atoms with E-state index in [4.69, 9.17) is 11.6 Å². The van der Waals surface area contributed by atoms with Gasteiger partial charge >= 0.3 is 6.18 Å². The van der Waals surface area contributed by atoms with Crippen molar-refractivity contribution >= 4 is 31.5 Å². The largest absolute Gasteiger partial charge is 0.416 e. The van der Waals surface area contributed by atoms with Crippen LogP contribution in [0.25, 0.3) is 0 Å². The highest BCUT2D eigenvalue weighted by molar-refractivity contribution is 7.92. The van der Waals surface area contributed by atoms with Crippen molar-refractivity contribution in [1.29, 1.82) is 0 Å². The Bertz CT molecular complexity index is 1060. The van der Waals surface area contributed by atoms with Crippen molar-refractivity contribution in [2.75, 3.05) is 13.1 Å². The molecule has 1 saturated heterocycles. The van der Waals surface area contributed by atoms with E-state index in [2.05, 4.69) is 0 Å². The van der Waals surface area contributed by atoms with Crippen molar-refractivity contribution in [2.24, 2.45) is 0 Å². The molecular formula is C16H13ClF3NO4S2. The van der Waals surface area contributed by atoms with Crippen LogP contribution in [0.2, 0.25) is 5.02 Å². The molecule has 0 N–H and O–H groups in total. The lowest BCUT2D eigenvalue weighted by Gasteiger charge is -2.37. The van der Waals surface area contributed by atoms with Crippen LogP contribution in [-0.2, 0) is 26.0 Å². The number of benzene rings is 2. The quantitative estimate of drug-likeness (QED) is 0.733. The lowest BCUT2D eigenvalue weighted by Crippen LogP contribution is -2.56. The molecule has 1 aliphatic rings. The molecule has 3 rings (SSSR count). The Morgan fingerprint density at radius 1 is 0.926 bits per heavy atom. The van der Waals surface area contributed by atoms with E-state index >= 15 is 0 Å².